The van der Waals surface area contributed by atoms with E-state index in [1.165, 1.54) is 60.0 Å². The van der Waals surface area contributed by atoms with E-state index < -0.39 is 0 Å². The quantitative estimate of drug-likeness (QED) is 0.152. The number of fused-ring (bicyclic) bond motifs is 12. The molecule has 478 valence electrons. The molecule has 0 saturated heterocycles. The summed E-state index contributed by atoms with van der Waals surface area (Å²) >= 11 is 0. The summed E-state index contributed by atoms with van der Waals surface area (Å²) < 4.78 is 10.6. The first-order valence-electron chi connectivity index (χ1n) is 34.6. The minimum absolute atomic E-state index is 0.134. The number of para-hydroxylation sites is 4. The van der Waals surface area contributed by atoms with E-state index in [9.17, 15) is 0 Å². The molecule has 6 nitrogen and oxygen atoms in total. The number of benzene rings is 11. The number of aromatic nitrogens is 6. The Morgan fingerprint density at radius 2 is 0.561 bits per heavy atom. The lowest BCUT2D eigenvalue weighted by Crippen LogP contribution is -2.17. The van der Waals surface area contributed by atoms with Crippen LogP contribution in [-0.4, -0.2) is 28.2 Å². The second-order valence-corrected chi connectivity index (χ2v) is 31.0. The van der Waals surface area contributed by atoms with E-state index in [1.807, 2.05) is 6.20 Å². The second kappa shape index (κ2) is 22.2. The summed E-state index contributed by atoms with van der Waals surface area (Å²) in [6, 6.07) is 98.1. The lowest BCUT2D eigenvalue weighted by atomic mass is 9.86. The van der Waals surface area contributed by atoms with Gasteiger partial charge < -0.3 is 18.3 Å². The van der Waals surface area contributed by atoms with Gasteiger partial charge in [0.15, 0.2) is 0 Å². The van der Waals surface area contributed by atoms with Crippen LogP contribution >= 0.6 is 0 Å². The van der Waals surface area contributed by atoms with Crippen LogP contribution in [0.15, 0.2) is 267 Å². The minimum atomic E-state index is -0.141. The Kier molecular flexibility index (Phi) is 13.7. The fourth-order valence-corrected chi connectivity index (χ4v) is 15.5. The number of pyridine rings is 2. The Bertz CT molecular complexity index is 6060. The van der Waals surface area contributed by atoms with E-state index in [4.69, 9.17) is 9.97 Å². The van der Waals surface area contributed by atoms with E-state index in [0.29, 0.717) is 0 Å². The molecule has 17 aromatic rings. The summed E-state index contributed by atoms with van der Waals surface area (Å²) in [5.74, 6) is 0. The van der Waals surface area contributed by atoms with Crippen molar-refractivity contribution in [2.24, 2.45) is 0 Å². The molecule has 0 amide bonds. The van der Waals surface area contributed by atoms with Crippen molar-refractivity contribution in [1.29, 1.82) is 0 Å². The molecular formula is C92H80N6. The molecule has 0 spiro atoms. The molecule has 0 aliphatic heterocycles. The van der Waals surface area contributed by atoms with Crippen LogP contribution in [0, 0.1) is 0 Å². The first-order chi connectivity index (χ1) is 47.2. The first-order valence-corrected chi connectivity index (χ1v) is 34.6. The van der Waals surface area contributed by atoms with E-state index >= 15 is 0 Å². The summed E-state index contributed by atoms with van der Waals surface area (Å²) in [4.78, 5) is 11.7. The van der Waals surface area contributed by atoms with Gasteiger partial charge >= 0.3 is 0 Å². The highest BCUT2D eigenvalue weighted by Crippen LogP contribution is 2.56. The molecule has 0 atom stereocenters. The fourth-order valence-electron chi connectivity index (χ4n) is 15.5. The van der Waals surface area contributed by atoms with Crippen molar-refractivity contribution in [2.45, 2.75) is 105 Å². The normalized spacial score (nSPS) is 12.7. The zero-order valence-corrected chi connectivity index (χ0v) is 58.1. The molecule has 17 rings (SSSR count). The van der Waals surface area contributed by atoms with E-state index in [0.717, 1.165) is 117 Å². The third-order valence-electron chi connectivity index (χ3n) is 20.6. The highest BCUT2D eigenvalue weighted by atomic mass is 15.1. The van der Waals surface area contributed by atoms with Crippen LogP contribution in [-0.2, 0) is 21.7 Å². The van der Waals surface area contributed by atoms with Gasteiger partial charge in [-0.25, -0.2) is 4.98 Å². The van der Waals surface area contributed by atoms with Crippen LogP contribution in [0.5, 0.6) is 0 Å². The van der Waals surface area contributed by atoms with Gasteiger partial charge in [-0.3, -0.25) is 4.98 Å². The third kappa shape index (κ3) is 9.58. The van der Waals surface area contributed by atoms with Crippen molar-refractivity contribution in [3.8, 4) is 67.6 Å². The molecule has 98 heavy (non-hydrogen) atoms. The molecule has 0 radical (unpaired) electrons. The van der Waals surface area contributed by atoms with Crippen LogP contribution in [0.25, 0.3) is 155 Å². The lowest BCUT2D eigenvalue weighted by Gasteiger charge is -2.31. The van der Waals surface area contributed by atoms with Crippen molar-refractivity contribution in [3.63, 3.8) is 0 Å². The molecular weight excluding hydrogens is 1190 g/mol. The molecule has 0 saturated carbocycles. The van der Waals surface area contributed by atoms with Crippen LogP contribution < -0.4 is 0 Å². The molecule has 6 aromatic heterocycles. The molecule has 11 aromatic carbocycles. The van der Waals surface area contributed by atoms with Crippen molar-refractivity contribution in [3.05, 3.63) is 289 Å². The standard InChI is InChI=1S/C92H80N6/c1-89(2,3)59-42-48-78-68(53-59)63-33-19-23-38-74(63)95(78)85-82(67-46-47-72(57-29-15-13-16-30-57)94-84(67)58-31-17-14-18-32-58)83(73-37-27-28-52-93-73)86(96-75-39-24-20-34-64(75)69-54-60(90(4,5)6)43-49-79(69)96)88(98-77-41-26-22-36-66(77)71-56-62(92(10,11)12)45-51-81(71)98)87(85)97-76-40-25-21-35-65(76)70-55-61(91(7,8)9)44-50-80(70)97/h13-56H,1-12H3. The van der Waals surface area contributed by atoms with Gasteiger partial charge in [-0.15, -0.1) is 0 Å². The lowest BCUT2D eigenvalue weighted by molar-refractivity contribution is 0.591. The molecule has 0 aliphatic carbocycles. The Morgan fingerprint density at radius 3 is 0.918 bits per heavy atom. The summed E-state index contributed by atoms with van der Waals surface area (Å²) in [5, 5.41) is 9.39. The van der Waals surface area contributed by atoms with Gasteiger partial charge in [-0.05, 0) is 141 Å². The number of hydrogen-bond donors (Lipinski definition) is 0. The highest BCUT2D eigenvalue weighted by Gasteiger charge is 2.38. The topological polar surface area (TPSA) is 45.5 Å². The minimum Gasteiger partial charge on any atom is -0.306 e. The van der Waals surface area contributed by atoms with Crippen molar-refractivity contribution < 1.29 is 0 Å². The highest BCUT2D eigenvalue weighted by molar-refractivity contribution is 6.19. The Labute approximate surface area is 573 Å². The summed E-state index contributed by atoms with van der Waals surface area (Å²) in [5.41, 5.74) is 24.7. The monoisotopic (exact) mass is 1270 g/mol. The van der Waals surface area contributed by atoms with Gasteiger partial charge in [-0.1, -0.05) is 247 Å². The zero-order chi connectivity index (χ0) is 67.3. The molecule has 0 unspecified atom stereocenters. The largest absolute Gasteiger partial charge is 0.306 e. The molecule has 0 N–H and O–H groups in total. The van der Waals surface area contributed by atoms with Crippen molar-refractivity contribution >= 4 is 87.2 Å². The Hall–Kier alpha value is -11.1. The maximum atomic E-state index is 5.99. The smallest absolute Gasteiger partial charge is 0.0976 e. The molecule has 0 bridgehead atoms. The summed E-state index contributed by atoms with van der Waals surface area (Å²) in [6.45, 7) is 27.9. The molecule has 0 aliphatic rings. The van der Waals surface area contributed by atoms with Crippen LogP contribution in [0.2, 0.25) is 0 Å². The van der Waals surface area contributed by atoms with Crippen LogP contribution in [0.4, 0.5) is 0 Å². The predicted octanol–water partition coefficient (Wildman–Crippen LogP) is 24.7. The van der Waals surface area contributed by atoms with Gasteiger partial charge in [-0.2, -0.15) is 0 Å². The van der Waals surface area contributed by atoms with Gasteiger partial charge in [0.2, 0.25) is 0 Å². The van der Waals surface area contributed by atoms with Crippen LogP contribution in [0.3, 0.4) is 0 Å². The fraction of sp³-hybridized carbons (Fsp3) is 0.174. The second-order valence-electron chi connectivity index (χ2n) is 31.0. The Balaban J connectivity index is 1.25. The summed E-state index contributed by atoms with van der Waals surface area (Å²) in [6.07, 6.45) is 1.98. The van der Waals surface area contributed by atoms with E-state index in [1.54, 1.807) is 0 Å². The third-order valence-corrected chi connectivity index (χ3v) is 20.6. The number of hydrogen-bond acceptors (Lipinski definition) is 2. The van der Waals surface area contributed by atoms with Gasteiger partial charge in [0.25, 0.3) is 0 Å². The molecule has 6 heterocycles. The van der Waals surface area contributed by atoms with Gasteiger partial charge in [0.1, 0.15) is 0 Å². The average Bonchev–Trinajstić information content (AvgIpc) is 1.41. The molecule has 0 fully saturated rings. The maximum absolute atomic E-state index is 5.99. The zero-order valence-electron chi connectivity index (χ0n) is 58.1. The maximum Gasteiger partial charge on any atom is 0.0976 e. The van der Waals surface area contributed by atoms with Gasteiger partial charge in [0, 0.05) is 77.1 Å². The number of rotatable bonds is 8. The van der Waals surface area contributed by atoms with Gasteiger partial charge in [0.05, 0.1) is 84.0 Å². The number of nitrogens with zero attached hydrogens (tertiary/aromatic N) is 6. The van der Waals surface area contributed by atoms with Crippen molar-refractivity contribution in [2.75, 3.05) is 0 Å². The van der Waals surface area contributed by atoms with E-state index in [2.05, 4.69) is 362 Å². The SMILES string of the molecule is CC(C)(C)c1ccc2c(c1)c1ccccc1n2-c1c(-c2ccccn2)c(-c2ccc(-c3ccccc3)nc2-c2ccccc2)c(-n2c3ccccc3c3cc(C(C)(C)C)ccc32)c(-n2c3ccccc3c3cc(C(C)(C)C)ccc32)c1-n1c2ccccc2c2cc(C(C)(C)C)ccc21. The Morgan fingerprint density at radius 1 is 0.245 bits per heavy atom. The van der Waals surface area contributed by atoms with Crippen LogP contribution in [0.1, 0.15) is 105 Å². The molecule has 6 heteroatoms. The average molecular weight is 1270 g/mol. The first kappa shape index (κ1) is 60.6. The predicted molar refractivity (Wildman–Crippen MR) is 416 cm³/mol. The summed E-state index contributed by atoms with van der Waals surface area (Å²) in [7, 11) is 0. The van der Waals surface area contributed by atoms with Crippen molar-refractivity contribution in [1.82, 2.24) is 28.2 Å². The van der Waals surface area contributed by atoms with E-state index in [-0.39, 0.29) is 21.7 Å².